The van der Waals surface area contributed by atoms with Gasteiger partial charge in [-0.2, -0.15) is 0 Å². The van der Waals surface area contributed by atoms with E-state index in [2.05, 4.69) is 66.7 Å². The fraction of sp³-hybridized carbons (Fsp3) is 0.488. The zero-order valence-corrected chi connectivity index (χ0v) is 34.2. The first-order chi connectivity index (χ1) is 24.0. The van der Waals surface area contributed by atoms with E-state index in [-0.39, 0.29) is 6.61 Å². The van der Waals surface area contributed by atoms with Crippen molar-refractivity contribution in [2.45, 2.75) is 125 Å². The van der Waals surface area contributed by atoms with E-state index < -0.39 is 29.2 Å². The molecule has 264 valence electrons. The molecule has 0 saturated heterocycles. The zero-order chi connectivity index (χ0) is 35.3. The van der Waals surface area contributed by atoms with E-state index in [1.54, 1.807) is 7.11 Å². The van der Waals surface area contributed by atoms with E-state index in [1.807, 2.05) is 13.0 Å². The van der Waals surface area contributed by atoms with Crippen molar-refractivity contribution in [1.29, 1.82) is 0 Å². The Morgan fingerprint density at radius 2 is 1.20 bits per heavy atom. The molecule has 7 heteroatoms. The van der Waals surface area contributed by atoms with Crippen LogP contribution in [0.4, 0.5) is 0 Å². The molecule has 2 aromatic carbocycles. The molecule has 2 aliphatic rings. The van der Waals surface area contributed by atoms with Crippen LogP contribution in [0.5, 0.6) is 5.75 Å². The fourth-order valence-electron chi connectivity index (χ4n) is 9.63. The number of aryl methyl sites for hydroxylation is 1. The first-order valence-electron chi connectivity index (χ1n) is 18.9. The molecular formula is C43H52O6Sn. The van der Waals surface area contributed by atoms with Gasteiger partial charge in [0, 0.05) is 6.07 Å². The Morgan fingerprint density at radius 3 is 1.74 bits per heavy atom. The molecule has 0 bridgehead atoms. The Labute approximate surface area is 299 Å². The van der Waals surface area contributed by atoms with Crippen molar-refractivity contribution in [1.82, 2.24) is 0 Å². The second-order valence-corrected chi connectivity index (χ2v) is 29.2. The minimum absolute atomic E-state index is 0.115. The number of aliphatic hydroxyl groups is 1. The van der Waals surface area contributed by atoms with Crippen LogP contribution < -0.4 is 8.51 Å². The predicted molar refractivity (Wildman–Crippen MR) is 205 cm³/mol. The van der Waals surface area contributed by atoms with Gasteiger partial charge in [0.25, 0.3) is 0 Å². The third-order valence-corrected chi connectivity index (χ3v) is 27.2. The van der Waals surface area contributed by atoms with Crippen LogP contribution in [0.2, 0.25) is 13.3 Å². The van der Waals surface area contributed by atoms with Gasteiger partial charge < -0.3 is 4.42 Å². The number of benzene rings is 2. The summed E-state index contributed by atoms with van der Waals surface area (Å²) in [5, 5.41) is 13.0. The van der Waals surface area contributed by atoms with Gasteiger partial charge in [-0.05, 0) is 6.92 Å². The van der Waals surface area contributed by atoms with Crippen LogP contribution in [0.15, 0.2) is 41.9 Å². The summed E-state index contributed by atoms with van der Waals surface area (Å²) in [7, 11) is 1.74. The van der Waals surface area contributed by atoms with Crippen LogP contribution in [0.25, 0.3) is 55.8 Å². The number of methoxy groups -OCH3 is 1. The molecule has 50 heavy (non-hydrogen) atoms. The zero-order valence-electron chi connectivity index (χ0n) is 31.4. The summed E-state index contributed by atoms with van der Waals surface area (Å²) in [6, 6.07) is 8.64. The van der Waals surface area contributed by atoms with E-state index >= 15 is 0 Å². The van der Waals surface area contributed by atoms with Gasteiger partial charge in [-0.25, -0.2) is 0 Å². The van der Waals surface area contributed by atoms with Gasteiger partial charge in [0.1, 0.15) is 5.76 Å². The van der Waals surface area contributed by atoms with Gasteiger partial charge in [-0.15, -0.1) is 0 Å². The summed E-state index contributed by atoms with van der Waals surface area (Å²) in [4.78, 5) is 0. The number of fused-ring (bicyclic) bond motifs is 13. The monoisotopic (exact) mass is 784 g/mol. The Hall–Kier alpha value is -3.10. The summed E-state index contributed by atoms with van der Waals surface area (Å²) in [5.74, 6) is 3.26. The second kappa shape index (κ2) is 12.0. The third kappa shape index (κ3) is 4.55. The summed E-state index contributed by atoms with van der Waals surface area (Å²) in [5.41, 5.74) is 9.79. The Bertz CT molecular complexity index is 2260. The van der Waals surface area contributed by atoms with E-state index in [1.165, 1.54) is 55.6 Å². The summed E-state index contributed by atoms with van der Waals surface area (Å²) < 4.78 is 38.6. The van der Waals surface area contributed by atoms with Gasteiger partial charge in [0.2, 0.25) is 0 Å². The Balaban J connectivity index is 1.40. The number of hydrogen-bond donors (Lipinski definition) is 1. The molecule has 0 saturated carbocycles. The van der Waals surface area contributed by atoms with Gasteiger partial charge in [0.05, 0.1) is 0 Å². The van der Waals surface area contributed by atoms with Gasteiger partial charge in [0.15, 0.2) is 0 Å². The summed E-state index contributed by atoms with van der Waals surface area (Å²) in [6.45, 7) is 17.8. The Kier molecular flexibility index (Phi) is 8.15. The van der Waals surface area contributed by atoms with Gasteiger partial charge in [-0.3, -0.25) is 0 Å². The van der Waals surface area contributed by atoms with E-state index in [0.717, 1.165) is 95.1 Å². The molecule has 8 rings (SSSR count). The first-order valence-corrected chi connectivity index (χ1v) is 26.4. The van der Waals surface area contributed by atoms with Crippen LogP contribution in [0.3, 0.4) is 0 Å². The van der Waals surface area contributed by atoms with Crippen molar-refractivity contribution in [3.63, 3.8) is 0 Å². The van der Waals surface area contributed by atoms with Crippen molar-refractivity contribution < 1.29 is 27.5 Å². The molecule has 6 nitrogen and oxygen atoms in total. The van der Waals surface area contributed by atoms with Crippen LogP contribution in [0.1, 0.15) is 121 Å². The molecule has 2 aliphatic carbocycles. The quantitative estimate of drug-likeness (QED) is 0.125. The van der Waals surface area contributed by atoms with Crippen LogP contribution >= 0.6 is 0 Å². The number of unbranched alkanes of at least 4 members (excludes halogenated alkanes) is 3. The molecule has 0 radical (unpaired) electrons. The van der Waals surface area contributed by atoms with Crippen molar-refractivity contribution in [3.8, 4) is 28.4 Å². The Morgan fingerprint density at radius 1 is 0.680 bits per heavy atom. The van der Waals surface area contributed by atoms with Crippen LogP contribution in [-0.4, -0.2) is 30.6 Å². The second-order valence-electron chi connectivity index (χ2n) is 16.2. The third-order valence-electron chi connectivity index (χ3n) is 12.3. The topological polar surface area (TPSA) is 82.0 Å². The molecule has 1 N–H and O–H groups in total. The maximum atomic E-state index is 11.1. The van der Waals surface area contributed by atoms with Crippen molar-refractivity contribution in [3.05, 3.63) is 57.8 Å². The normalized spacial score (nSPS) is 15.7. The summed E-state index contributed by atoms with van der Waals surface area (Å²) >= 11 is -2.85. The number of hydrogen-bond acceptors (Lipinski definition) is 6. The molecule has 0 amide bonds. The van der Waals surface area contributed by atoms with Gasteiger partial charge >= 0.3 is 278 Å². The van der Waals surface area contributed by atoms with Crippen molar-refractivity contribution in [2.24, 2.45) is 0 Å². The standard InChI is InChI=1S/C31H25O6.3C4H9.Sn/c1-13-9-19-27(35-13)25-28(37-19)21-16(31(25,4)5)11-18(33-6)23-20(21)14(12-32)10-15-22(23)29-24(30(15,2)3)26-17(36-29)7-8-34-26;3*1-3-4-2;/h7,9-11,32H,12H2,1-6H3;3*1,3-4H2,2H3;. The number of aliphatic hydroxyl groups excluding tert-OH is 1. The molecule has 0 atom stereocenters. The van der Waals surface area contributed by atoms with Crippen molar-refractivity contribution in [2.75, 3.05) is 7.11 Å². The number of rotatable bonds is 12. The van der Waals surface area contributed by atoms with Crippen LogP contribution in [-0.2, 0) is 17.4 Å². The van der Waals surface area contributed by atoms with Crippen molar-refractivity contribution >= 4 is 55.3 Å². The minimum atomic E-state index is -2.85. The van der Waals surface area contributed by atoms with Gasteiger partial charge in [-0.1, -0.05) is 0 Å². The van der Waals surface area contributed by atoms with E-state index in [0.29, 0.717) is 0 Å². The van der Waals surface area contributed by atoms with E-state index in [4.69, 9.17) is 22.4 Å². The first kappa shape index (κ1) is 34.0. The average Bonchev–Trinajstić information content (AvgIpc) is 3.90. The predicted octanol–water partition coefficient (Wildman–Crippen LogP) is 12.0. The molecule has 4 aromatic heterocycles. The molecule has 6 aromatic rings. The molecule has 0 unspecified atom stereocenters. The molecular weight excluding hydrogens is 731 g/mol. The molecule has 0 aliphatic heterocycles. The summed E-state index contributed by atoms with van der Waals surface area (Å²) in [6.07, 6.45) is 7.50. The molecule has 0 fully saturated rings. The smallest absolute Gasteiger partial charge is 0.457 e. The van der Waals surface area contributed by atoms with Crippen LogP contribution in [0, 0.1) is 6.92 Å². The molecule has 0 spiro atoms. The minimum Gasteiger partial charge on any atom is -0.457 e. The molecule has 4 heterocycles. The number of ether oxygens (including phenoxy) is 1. The fourth-order valence-corrected chi connectivity index (χ4v) is 24.9. The number of furan rings is 4. The maximum absolute atomic E-state index is 11.1. The average molecular weight is 784 g/mol. The SMILES string of the molecule is CCC[CH2][Sn]([CH2]CCC)([CH2]CCC)[c]1cc2oc3c(c2o1)C(C)(C)c1cc(CO)c2c4c(cc(OC)c2c1-3)C(C)(C)c1c-4oc2cc(C)oc12. The van der Waals surface area contributed by atoms with E-state index in [9.17, 15) is 5.11 Å².